The smallest absolute Gasteiger partial charge is 0.329 e. The van der Waals surface area contributed by atoms with Gasteiger partial charge < -0.3 is 13.9 Å². The molecule has 1 atom stereocenters. The van der Waals surface area contributed by atoms with Crippen molar-refractivity contribution in [2.75, 3.05) is 34.3 Å². The van der Waals surface area contributed by atoms with Gasteiger partial charge in [0, 0.05) is 0 Å². The molecule has 5 heteroatoms. The van der Waals surface area contributed by atoms with E-state index in [4.69, 9.17) is 4.52 Å². The molecule has 162 valence electrons. The van der Waals surface area contributed by atoms with Crippen LogP contribution in [0.25, 0.3) is 0 Å². The van der Waals surface area contributed by atoms with E-state index in [-0.39, 0.29) is 5.66 Å². The predicted octanol–water partition coefficient (Wildman–Crippen LogP) is 6.52. The van der Waals surface area contributed by atoms with E-state index in [0.29, 0.717) is 6.61 Å². The number of likely N-dealkylation sites (N-methyl/N-ethyl adjacent to an activating group) is 1. The lowest BCUT2D eigenvalue weighted by molar-refractivity contribution is -0.870. The maximum atomic E-state index is 12.9. The van der Waals surface area contributed by atoms with Gasteiger partial charge in [-0.3, -0.25) is 4.57 Å². The molecule has 0 heterocycles. The lowest BCUT2D eigenvalue weighted by Crippen LogP contribution is -2.37. The van der Waals surface area contributed by atoms with Crippen molar-refractivity contribution in [1.29, 1.82) is 0 Å². The van der Waals surface area contributed by atoms with E-state index in [1.54, 1.807) is 0 Å². The number of nitrogens with zero attached hydrogens (tertiary/aromatic N) is 1. The SMILES string of the molecule is C[N+](C)(C)CCOP(=O)(O)C1CCCCCCCCCCCCCCCC1. The zero-order valence-corrected chi connectivity index (χ0v) is 19.4. The second-order valence-corrected chi connectivity index (χ2v) is 11.7. The van der Waals surface area contributed by atoms with Gasteiger partial charge in [0.15, 0.2) is 0 Å². The van der Waals surface area contributed by atoms with Crippen molar-refractivity contribution < 1.29 is 18.5 Å². The Morgan fingerprint density at radius 2 is 1.07 bits per heavy atom. The Morgan fingerprint density at radius 3 is 1.41 bits per heavy atom. The third-order valence-electron chi connectivity index (χ3n) is 5.82. The first kappa shape index (κ1) is 25.1. The van der Waals surface area contributed by atoms with Crippen LogP contribution in [-0.4, -0.2) is 49.3 Å². The fourth-order valence-corrected chi connectivity index (χ4v) is 5.47. The summed E-state index contributed by atoms with van der Waals surface area (Å²) in [6.45, 7) is 1.13. The summed E-state index contributed by atoms with van der Waals surface area (Å²) >= 11 is 0. The van der Waals surface area contributed by atoms with Gasteiger partial charge in [0.05, 0.1) is 26.8 Å². The number of quaternary nitrogens is 1. The van der Waals surface area contributed by atoms with E-state index < -0.39 is 7.60 Å². The summed E-state index contributed by atoms with van der Waals surface area (Å²) in [7, 11) is 2.74. The summed E-state index contributed by atoms with van der Waals surface area (Å²) in [4.78, 5) is 10.6. The van der Waals surface area contributed by atoms with Crippen LogP contribution in [0.3, 0.4) is 0 Å². The topological polar surface area (TPSA) is 46.5 Å². The zero-order chi connectivity index (χ0) is 20.0. The minimum atomic E-state index is -3.51. The van der Waals surface area contributed by atoms with Crippen molar-refractivity contribution in [2.45, 2.75) is 108 Å². The van der Waals surface area contributed by atoms with Gasteiger partial charge in [-0.25, -0.2) is 0 Å². The normalized spacial score (nSPS) is 23.4. The summed E-state index contributed by atoms with van der Waals surface area (Å²) in [5, 5.41) is 0. The van der Waals surface area contributed by atoms with Crippen LogP contribution in [0.15, 0.2) is 0 Å². The summed E-state index contributed by atoms with van der Waals surface area (Å²) in [5.41, 5.74) is -0.166. The Morgan fingerprint density at radius 1 is 0.741 bits per heavy atom. The summed E-state index contributed by atoms with van der Waals surface area (Å²) in [6, 6.07) is 0. The Balaban J connectivity index is 2.49. The highest BCUT2D eigenvalue weighted by Crippen LogP contribution is 2.51. The Hall–Kier alpha value is 0.110. The molecule has 0 aromatic heterocycles. The molecular weight excluding hydrogens is 357 g/mol. The van der Waals surface area contributed by atoms with Crippen LogP contribution in [0.4, 0.5) is 0 Å². The van der Waals surface area contributed by atoms with Gasteiger partial charge in [0.2, 0.25) is 0 Å². The number of hydrogen-bond donors (Lipinski definition) is 1. The Kier molecular flexibility index (Phi) is 13.2. The van der Waals surface area contributed by atoms with Gasteiger partial charge in [-0.1, -0.05) is 89.9 Å². The van der Waals surface area contributed by atoms with Crippen LogP contribution >= 0.6 is 7.60 Å². The predicted molar refractivity (Wildman–Crippen MR) is 116 cm³/mol. The molecule has 0 aromatic carbocycles. The van der Waals surface area contributed by atoms with Crippen LogP contribution in [0, 0.1) is 0 Å². The number of hydrogen-bond acceptors (Lipinski definition) is 2. The van der Waals surface area contributed by atoms with Crippen LogP contribution < -0.4 is 0 Å². The van der Waals surface area contributed by atoms with Crippen LogP contribution in [0.5, 0.6) is 0 Å². The summed E-state index contributed by atoms with van der Waals surface area (Å²) < 4.78 is 19.2. The van der Waals surface area contributed by atoms with Crippen molar-refractivity contribution in [3.63, 3.8) is 0 Å². The lowest BCUT2D eigenvalue weighted by atomic mass is 10.0. The number of rotatable bonds is 5. The first-order valence-electron chi connectivity index (χ1n) is 11.6. The van der Waals surface area contributed by atoms with E-state index in [9.17, 15) is 9.46 Å². The second kappa shape index (κ2) is 14.1. The molecule has 0 bridgehead atoms. The van der Waals surface area contributed by atoms with Gasteiger partial charge in [0.1, 0.15) is 13.2 Å². The van der Waals surface area contributed by atoms with Gasteiger partial charge >= 0.3 is 7.60 Å². The maximum Gasteiger partial charge on any atom is 0.331 e. The van der Waals surface area contributed by atoms with E-state index in [2.05, 4.69) is 21.1 Å². The molecule has 0 radical (unpaired) electrons. The Bertz CT molecular complexity index is 391. The molecule has 0 amide bonds. The van der Waals surface area contributed by atoms with E-state index >= 15 is 0 Å². The van der Waals surface area contributed by atoms with E-state index in [1.165, 1.54) is 77.0 Å². The minimum absolute atomic E-state index is 0.166. The average Bonchev–Trinajstić information content (AvgIpc) is 2.57. The standard InChI is InChI=1S/C22H46NO3P/c1-23(2,3)20-21-26-27(24,25)22-18-16-14-12-10-8-6-4-5-7-9-11-13-15-17-19-22/h22H,4-21H2,1-3H3/p+1. The monoisotopic (exact) mass is 404 g/mol. The highest BCUT2D eigenvalue weighted by atomic mass is 31.2. The van der Waals surface area contributed by atoms with Gasteiger partial charge in [-0.05, 0) is 12.8 Å². The summed E-state index contributed by atoms with van der Waals surface area (Å²) in [6.07, 6.45) is 19.7. The molecule has 1 unspecified atom stereocenters. The van der Waals surface area contributed by atoms with Gasteiger partial charge in [0.25, 0.3) is 0 Å². The highest BCUT2D eigenvalue weighted by molar-refractivity contribution is 7.53. The van der Waals surface area contributed by atoms with Crippen molar-refractivity contribution in [2.24, 2.45) is 0 Å². The second-order valence-electron chi connectivity index (χ2n) is 9.59. The van der Waals surface area contributed by atoms with E-state index in [1.807, 2.05) is 0 Å². The fourth-order valence-electron chi connectivity index (χ4n) is 3.90. The molecule has 0 aromatic rings. The quantitative estimate of drug-likeness (QED) is 0.419. The third-order valence-corrected chi connectivity index (χ3v) is 7.82. The highest BCUT2D eigenvalue weighted by Gasteiger charge is 2.32. The van der Waals surface area contributed by atoms with Crippen LogP contribution in [0.1, 0.15) is 103 Å². The lowest BCUT2D eigenvalue weighted by Gasteiger charge is -2.26. The average molecular weight is 405 g/mol. The molecule has 1 N–H and O–H groups in total. The van der Waals surface area contributed by atoms with Crippen molar-refractivity contribution in [3.8, 4) is 0 Å². The molecule has 1 fully saturated rings. The van der Waals surface area contributed by atoms with Gasteiger partial charge in [-0.15, -0.1) is 0 Å². The maximum absolute atomic E-state index is 12.9. The van der Waals surface area contributed by atoms with E-state index in [0.717, 1.165) is 36.7 Å². The van der Waals surface area contributed by atoms with Crippen molar-refractivity contribution >= 4 is 7.60 Å². The van der Waals surface area contributed by atoms with Crippen LogP contribution in [-0.2, 0) is 9.09 Å². The largest absolute Gasteiger partial charge is 0.331 e. The third kappa shape index (κ3) is 13.8. The van der Waals surface area contributed by atoms with Crippen molar-refractivity contribution in [3.05, 3.63) is 0 Å². The molecule has 4 nitrogen and oxygen atoms in total. The molecule has 1 rings (SSSR count). The molecule has 27 heavy (non-hydrogen) atoms. The molecule has 0 aliphatic heterocycles. The van der Waals surface area contributed by atoms with Gasteiger partial charge in [-0.2, -0.15) is 0 Å². The molecule has 0 saturated heterocycles. The fraction of sp³-hybridized carbons (Fsp3) is 1.00. The molecule has 0 spiro atoms. The minimum Gasteiger partial charge on any atom is -0.329 e. The van der Waals surface area contributed by atoms with Crippen molar-refractivity contribution in [1.82, 2.24) is 0 Å². The first-order chi connectivity index (χ1) is 12.8. The zero-order valence-electron chi connectivity index (χ0n) is 18.5. The molecule has 1 saturated carbocycles. The molecule has 1 aliphatic carbocycles. The first-order valence-corrected chi connectivity index (χ1v) is 13.2. The molecular formula is C22H47NO3P+. The Labute approximate surface area is 169 Å². The molecule has 1 aliphatic rings. The summed E-state index contributed by atoms with van der Waals surface area (Å²) in [5.74, 6) is 0. The van der Waals surface area contributed by atoms with Crippen LogP contribution in [0.2, 0.25) is 0 Å².